The van der Waals surface area contributed by atoms with Crippen LogP contribution in [-0.2, 0) is 9.84 Å². The SMILES string of the molecule is CC1NCCN(C(=O)c2cccc(S(C)(=O)=O)c2)C1C. The minimum atomic E-state index is -3.30. The smallest absolute Gasteiger partial charge is 0.254 e. The summed E-state index contributed by atoms with van der Waals surface area (Å²) < 4.78 is 23.1. The monoisotopic (exact) mass is 296 g/mol. The van der Waals surface area contributed by atoms with E-state index < -0.39 is 9.84 Å². The van der Waals surface area contributed by atoms with Crippen LogP contribution in [0.25, 0.3) is 0 Å². The Kier molecular flexibility index (Phi) is 4.15. The highest BCUT2D eigenvalue weighted by Gasteiger charge is 2.29. The molecule has 0 spiro atoms. The first kappa shape index (κ1) is 15.0. The fourth-order valence-electron chi connectivity index (χ4n) is 2.37. The van der Waals surface area contributed by atoms with Crippen LogP contribution in [-0.4, -0.2) is 50.7 Å². The summed E-state index contributed by atoms with van der Waals surface area (Å²) in [5, 5.41) is 3.31. The minimum Gasteiger partial charge on any atom is -0.333 e. The number of hydrogen-bond donors (Lipinski definition) is 1. The number of hydrogen-bond acceptors (Lipinski definition) is 4. The average molecular weight is 296 g/mol. The van der Waals surface area contributed by atoms with E-state index in [4.69, 9.17) is 0 Å². The zero-order valence-electron chi connectivity index (χ0n) is 12.0. The van der Waals surface area contributed by atoms with Gasteiger partial charge < -0.3 is 10.2 Å². The average Bonchev–Trinajstić information content (AvgIpc) is 2.40. The zero-order valence-corrected chi connectivity index (χ0v) is 12.8. The highest BCUT2D eigenvalue weighted by Crippen LogP contribution is 2.17. The predicted octanol–water partition coefficient (Wildman–Crippen LogP) is 0.912. The maximum absolute atomic E-state index is 12.5. The van der Waals surface area contributed by atoms with Gasteiger partial charge in [-0.1, -0.05) is 6.07 Å². The lowest BCUT2D eigenvalue weighted by Crippen LogP contribution is -2.57. The number of carbonyl (C=O) groups excluding carboxylic acids is 1. The summed E-state index contributed by atoms with van der Waals surface area (Å²) in [5.41, 5.74) is 0.425. The summed E-state index contributed by atoms with van der Waals surface area (Å²) in [7, 11) is -3.30. The number of amides is 1. The summed E-state index contributed by atoms with van der Waals surface area (Å²) in [6.45, 7) is 5.42. The van der Waals surface area contributed by atoms with Crippen LogP contribution in [0.5, 0.6) is 0 Å². The molecule has 110 valence electrons. The Labute approximate surface area is 119 Å². The largest absolute Gasteiger partial charge is 0.333 e. The number of rotatable bonds is 2. The highest BCUT2D eigenvalue weighted by molar-refractivity contribution is 7.90. The van der Waals surface area contributed by atoms with Crippen molar-refractivity contribution in [2.24, 2.45) is 0 Å². The molecule has 6 heteroatoms. The first-order chi connectivity index (χ1) is 9.30. The van der Waals surface area contributed by atoms with Gasteiger partial charge in [0.2, 0.25) is 0 Å². The minimum absolute atomic E-state index is 0.0816. The van der Waals surface area contributed by atoms with Crippen molar-refractivity contribution in [3.05, 3.63) is 29.8 Å². The molecule has 1 heterocycles. The maximum Gasteiger partial charge on any atom is 0.254 e. The Morgan fingerprint density at radius 2 is 2.05 bits per heavy atom. The fraction of sp³-hybridized carbons (Fsp3) is 0.500. The molecular formula is C14H20N2O3S. The number of sulfone groups is 1. The summed E-state index contributed by atoms with van der Waals surface area (Å²) in [6, 6.07) is 6.55. The van der Waals surface area contributed by atoms with Crippen molar-refractivity contribution in [3.63, 3.8) is 0 Å². The standard InChI is InChI=1S/C14H20N2O3S/c1-10-11(2)16(8-7-15-10)14(17)12-5-4-6-13(9-12)20(3,18)19/h4-6,9-11,15H,7-8H2,1-3H3. The third kappa shape index (κ3) is 3.02. The molecule has 1 aliphatic heterocycles. The molecule has 1 amide bonds. The van der Waals surface area contributed by atoms with Gasteiger partial charge in [-0.3, -0.25) is 4.79 Å². The third-order valence-electron chi connectivity index (χ3n) is 3.80. The molecule has 0 aromatic heterocycles. The normalized spacial score (nSPS) is 23.6. The van der Waals surface area contributed by atoms with Crippen molar-refractivity contribution in [1.29, 1.82) is 0 Å². The van der Waals surface area contributed by atoms with Gasteiger partial charge in [0.15, 0.2) is 9.84 Å². The quantitative estimate of drug-likeness (QED) is 0.881. The molecule has 1 aliphatic rings. The van der Waals surface area contributed by atoms with Gasteiger partial charge in [-0.25, -0.2) is 8.42 Å². The Morgan fingerprint density at radius 3 is 2.70 bits per heavy atom. The lowest BCUT2D eigenvalue weighted by atomic mass is 10.1. The van der Waals surface area contributed by atoms with Crippen LogP contribution < -0.4 is 5.32 Å². The molecule has 1 saturated heterocycles. The summed E-state index contributed by atoms with van der Waals surface area (Å²) >= 11 is 0. The third-order valence-corrected chi connectivity index (χ3v) is 4.91. The fourth-order valence-corrected chi connectivity index (χ4v) is 3.04. The molecule has 0 bridgehead atoms. The van der Waals surface area contributed by atoms with Crippen molar-refractivity contribution in [2.75, 3.05) is 19.3 Å². The van der Waals surface area contributed by atoms with Gasteiger partial charge >= 0.3 is 0 Å². The van der Waals surface area contributed by atoms with E-state index in [-0.39, 0.29) is 22.9 Å². The van der Waals surface area contributed by atoms with Gasteiger partial charge in [0.1, 0.15) is 0 Å². The van der Waals surface area contributed by atoms with Crippen molar-refractivity contribution in [1.82, 2.24) is 10.2 Å². The molecule has 2 atom stereocenters. The lowest BCUT2D eigenvalue weighted by Gasteiger charge is -2.38. The van der Waals surface area contributed by atoms with Crippen LogP contribution in [0.4, 0.5) is 0 Å². The molecule has 1 fully saturated rings. The predicted molar refractivity (Wildman–Crippen MR) is 77.5 cm³/mol. The number of nitrogens with one attached hydrogen (secondary N) is 1. The first-order valence-corrected chi connectivity index (χ1v) is 8.54. The number of benzene rings is 1. The van der Waals surface area contributed by atoms with Gasteiger partial charge in [0.25, 0.3) is 5.91 Å². The molecule has 1 aromatic rings. The van der Waals surface area contributed by atoms with Gasteiger partial charge in [-0.05, 0) is 32.0 Å². The highest BCUT2D eigenvalue weighted by atomic mass is 32.2. The van der Waals surface area contributed by atoms with Crippen LogP contribution in [0.15, 0.2) is 29.2 Å². The van der Waals surface area contributed by atoms with E-state index >= 15 is 0 Å². The molecular weight excluding hydrogens is 276 g/mol. The Balaban J connectivity index is 2.30. The van der Waals surface area contributed by atoms with E-state index in [1.807, 2.05) is 13.8 Å². The van der Waals surface area contributed by atoms with Gasteiger partial charge in [0.05, 0.1) is 4.90 Å². The second-order valence-electron chi connectivity index (χ2n) is 5.28. The van der Waals surface area contributed by atoms with E-state index in [1.165, 1.54) is 12.1 Å². The first-order valence-electron chi connectivity index (χ1n) is 6.65. The van der Waals surface area contributed by atoms with Crippen LogP contribution in [0, 0.1) is 0 Å². The second kappa shape index (κ2) is 5.54. The van der Waals surface area contributed by atoms with Crippen molar-refractivity contribution in [3.8, 4) is 0 Å². The Bertz CT molecular complexity index is 613. The van der Waals surface area contributed by atoms with Gasteiger partial charge in [-0.15, -0.1) is 0 Å². The van der Waals surface area contributed by atoms with Crippen molar-refractivity contribution in [2.45, 2.75) is 30.8 Å². The van der Waals surface area contributed by atoms with Gasteiger partial charge in [-0.2, -0.15) is 0 Å². The maximum atomic E-state index is 12.5. The molecule has 2 rings (SSSR count). The van der Waals surface area contributed by atoms with Crippen LogP contribution >= 0.6 is 0 Å². The van der Waals surface area contributed by atoms with Gasteiger partial charge in [0, 0.05) is 37.0 Å². The molecule has 5 nitrogen and oxygen atoms in total. The molecule has 0 radical (unpaired) electrons. The second-order valence-corrected chi connectivity index (χ2v) is 7.30. The van der Waals surface area contributed by atoms with E-state index in [2.05, 4.69) is 5.32 Å². The number of nitrogens with zero attached hydrogens (tertiary/aromatic N) is 1. The lowest BCUT2D eigenvalue weighted by molar-refractivity contribution is 0.0602. The summed E-state index contributed by atoms with van der Waals surface area (Å²) in [4.78, 5) is 14.5. The van der Waals surface area contributed by atoms with Crippen LogP contribution in [0.1, 0.15) is 24.2 Å². The zero-order chi connectivity index (χ0) is 14.9. The van der Waals surface area contributed by atoms with E-state index in [9.17, 15) is 13.2 Å². The molecule has 0 saturated carbocycles. The number of carbonyl (C=O) groups is 1. The molecule has 2 unspecified atom stereocenters. The van der Waals surface area contributed by atoms with Crippen LogP contribution in [0.2, 0.25) is 0 Å². The summed E-state index contributed by atoms with van der Waals surface area (Å²) in [6.07, 6.45) is 1.14. The molecule has 20 heavy (non-hydrogen) atoms. The molecule has 0 aliphatic carbocycles. The van der Waals surface area contributed by atoms with Crippen LogP contribution in [0.3, 0.4) is 0 Å². The Morgan fingerprint density at radius 1 is 1.35 bits per heavy atom. The topological polar surface area (TPSA) is 66.5 Å². The Hall–Kier alpha value is -1.40. The van der Waals surface area contributed by atoms with E-state index in [0.717, 1.165) is 12.8 Å². The molecule has 1 aromatic carbocycles. The van der Waals surface area contributed by atoms with E-state index in [0.29, 0.717) is 12.1 Å². The van der Waals surface area contributed by atoms with Crippen molar-refractivity contribution >= 4 is 15.7 Å². The van der Waals surface area contributed by atoms with E-state index in [1.54, 1.807) is 17.0 Å². The number of piperazine rings is 1. The molecule has 1 N–H and O–H groups in total. The summed E-state index contributed by atoms with van der Waals surface area (Å²) in [5.74, 6) is -0.114. The van der Waals surface area contributed by atoms with Crippen molar-refractivity contribution < 1.29 is 13.2 Å².